The van der Waals surface area contributed by atoms with Crippen molar-refractivity contribution in [3.8, 4) is 0 Å². The monoisotopic (exact) mass is 310 g/mol. The topological polar surface area (TPSA) is 41.1 Å². The van der Waals surface area contributed by atoms with Crippen LogP contribution in [0.1, 0.15) is 35.2 Å². The number of hydrogen-bond acceptors (Lipinski definition) is 2. The zero-order valence-corrected chi connectivity index (χ0v) is 12.2. The average molecular weight is 311 g/mol. The molecule has 0 aliphatic carbocycles. The first kappa shape index (κ1) is 13.6. The van der Waals surface area contributed by atoms with Crippen molar-refractivity contribution in [2.24, 2.45) is 0 Å². The molecule has 0 radical (unpaired) electrons. The van der Waals surface area contributed by atoms with Crippen LogP contribution in [0, 0.1) is 6.92 Å². The van der Waals surface area contributed by atoms with Gasteiger partial charge in [-0.3, -0.25) is 4.79 Å². The third-order valence-corrected chi connectivity index (χ3v) is 4.25. The van der Waals surface area contributed by atoms with E-state index in [1.54, 1.807) is 0 Å². The van der Waals surface area contributed by atoms with E-state index >= 15 is 0 Å². The Balaban J connectivity index is 2.04. The Hall–Kier alpha value is -0.870. The number of benzene rings is 1. The molecule has 3 nitrogen and oxygen atoms in total. The molecule has 2 N–H and O–H groups in total. The van der Waals surface area contributed by atoms with Crippen LogP contribution in [0.15, 0.2) is 22.7 Å². The minimum Gasteiger partial charge on any atom is -0.348 e. The minimum atomic E-state index is 0.0301. The van der Waals surface area contributed by atoms with Crippen molar-refractivity contribution in [1.82, 2.24) is 10.6 Å². The van der Waals surface area contributed by atoms with Crippen LogP contribution in [0.5, 0.6) is 0 Å². The smallest absolute Gasteiger partial charge is 0.251 e. The summed E-state index contributed by atoms with van der Waals surface area (Å²) in [4.78, 5) is 12.2. The van der Waals surface area contributed by atoms with Crippen molar-refractivity contribution >= 4 is 21.8 Å². The lowest BCUT2D eigenvalue weighted by molar-refractivity contribution is 0.0935. The SMILES string of the molecule is Cc1c(Br)cccc1C(=O)NC1CCCCNC1. The minimum absolute atomic E-state index is 0.0301. The van der Waals surface area contributed by atoms with Gasteiger partial charge in [0, 0.05) is 22.6 Å². The molecule has 1 aliphatic rings. The van der Waals surface area contributed by atoms with Gasteiger partial charge in [0.15, 0.2) is 0 Å². The molecule has 1 heterocycles. The normalized spacial score (nSPS) is 20.2. The van der Waals surface area contributed by atoms with E-state index in [4.69, 9.17) is 0 Å². The van der Waals surface area contributed by atoms with E-state index in [9.17, 15) is 4.79 Å². The Bertz CT molecular complexity index is 426. The van der Waals surface area contributed by atoms with Gasteiger partial charge in [-0.25, -0.2) is 0 Å². The summed E-state index contributed by atoms with van der Waals surface area (Å²) in [5.74, 6) is 0.0301. The average Bonchev–Trinajstić information content (AvgIpc) is 2.61. The van der Waals surface area contributed by atoms with E-state index in [0.717, 1.165) is 35.1 Å². The summed E-state index contributed by atoms with van der Waals surface area (Å²) in [5, 5.41) is 6.48. The standard InChI is InChI=1S/C14H19BrN2O/c1-10-12(6-4-7-13(10)15)14(18)17-11-5-2-3-8-16-9-11/h4,6-7,11,16H,2-3,5,8-9H2,1H3,(H,17,18). The fraction of sp³-hybridized carbons (Fsp3) is 0.500. The van der Waals surface area contributed by atoms with Crippen LogP contribution in [0.3, 0.4) is 0 Å². The second kappa shape index (κ2) is 6.34. The number of hydrogen-bond donors (Lipinski definition) is 2. The third kappa shape index (κ3) is 3.33. The molecule has 4 heteroatoms. The molecule has 1 atom stereocenters. The van der Waals surface area contributed by atoms with Gasteiger partial charge < -0.3 is 10.6 Å². The molecule has 0 spiro atoms. The summed E-state index contributed by atoms with van der Waals surface area (Å²) < 4.78 is 0.981. The second-order valence-electron chi connectivity index (χ2n) is 4.78. The molecule has 1 aromatic rings. The molecule has 0 bridgehead atoms. The highest BCUT2D eigenvalue weighted by molar-refractivity contribution is 9.10. The number of amides is 1. The van der Waals surface area contributed by atoms with Gasteiger partial charge >= 0.3 is 0 Å². The second-order valence-corrected chi connectivity index (χ2v) is 5.64. The molecule has 1 aromatic carbocycles. The van der Waals surface area contributed by atoms with Crippen LogP contribution in [0.25, 0.3) is 0 Å². The zero-order valence-electron chi connectivity index (χ0n) is 10.6. The number of nitrogens with one attached hydrogen (secondary N) is 2. The lowest BCUT2D eigenvalue weighted by Crippen LogP contribution is -2.41. The van der Waals surface area contributed by atoms with Crippen LogP contribution in [0.2, 0.25) is 0 Å². The lowest BCUT2D eigenvalue weighted by atomic mass is 10.1. The van der Waals surface area contributed by atoms with Gasteiger partial charge in [0.1, 0.15) is 0 Å². The quantitative estimate of drug-likeness (QED) is 0.881. The largest absolute Gasteiger partial charge is 0.348 e. The summed E-state index contributed by atoms with van der Waals surface area (Å²) in [7, 11) is 0. The molecule has 1 aliphatic heterocycles. The summed E-state index contributed by atoms with van der Waals surface area (Å²) in [5.41, 5.74) is 1.75. The molecule has 0 saturated carbocycles. The maximum absolute atomic E-state index is 12.2. The van der Waals surface area contributed by atoms with Gasteiger partial charge in [-0.1, -0.05) is 28.4 Å². The predicted molar refractivity (Wildman–Crippen MR) is 76.9 cm³/mol. The molecule has 98 valence electrons. The Labute approximate surface area is 116 Å². The van der Waals surface area contributed by atoms with Crippen molar-refractivity contribution in [2.45, 2.75) is 32.2 Å². The highest BCUT2D eigenvalue weighted by atomic mass is 79.9. The van der Waals surface area contributed by atoms with Crippen molar-refractivity contribution in [3.63, 3.8) is 0 Å². The van der Waals surface area contributed by atoms with Gasteiger partial charge in [0.2, 0.25) is 0 Å². The maximum Gasteiger partial charge on any atom is 0.251 e. The third-order valence-electron chi connectivity index (χ3n) is 3.39. The molecular formula is C14H19BrN2O. The van der Waals surface area contributed by atoms with E-state index in [1.807, 2.05) is 25.1 Å². The Kier molecular flexibility index (Phi) is 4.78. The lowest BCUT2D eigenvalue weighted by Gasteiger charge is -2.17. The predicted octanol–water partition coefficient (Wildman–Crippen LogP) is 2.63. The molecular weight excluding hydrogens is 292 g/mol. The van der Waals surface area contributed by atoms with Gasteiger partial charge in [-0.2, -0.15) is 0 Å². The fourth-order valence-corrected chi connectivity index (χ4v) is 2.63. The molecule has 2 rings (SSSR count). The number of rotatable bonds is 2. The summed E-state index contributed by atoms with van der Waals surface area (Å²) in [6, 6.07) is 5.98. The van der Waals surface area contributed by atoms with Gasteiger partial charge in [0.25, 0.3) is 5.91 Å². The van der Waals surface area contributed by atoms with Crippen LogP contribution in [-0.2, 0) is 0 Å². The van der Waals surface area contributed by atoms with Crippen molar-refractivity contribution in [3.05, 3.63) is 33.8 Å². The summed E-state index contributed by atoms with van der Waals surface area (Å²) >= 11 is 3.46. The van der Waals surface area contributed by atoms with E-state index in [1.165, 1.54) is 12.8 Å². The van der Waals surface area contributed by atoms with E-state index in [0.29, 0.717) is 0 Å². The molecule has 1 saturated heterocycles. The molecule has 1 unspecified atom stereocenters. The molecule has 0 aromatic heterocycles. The van der Waals surface area contributed by atoms with Crippen molar-refractivity contribution in [1.29, 1.82) is 0 Å². The van der Waals surface area contributed by atoms with Crippen molar-refractivity contribution in [2.75, 3.05) is 13.1 Å². The fourth-order valence-electron chi connectivity index (χ4n) is 2.26. The summed E-state index contributed by atoms with van der Waals surface area (Å²) in [6.07, 6.45) is 3.43. The zero-order chi connectivity index (χ0) is 13.0. The van der Waals surface area contributed by atoms with Crippen LogP contribution >= 0.6 is 15.9 Å². The van der Waals surface area contributed by atoms with Crippen LogP contribution in [-0.4, -0.2) is 25.0 Å². The Morgan fingerprint density at radius 2 is 2.28 bits per heavy atom. The maximum atomic E-state index is 12.2. The first-order valence-corrected chi connectivity index (χ1v) is 7.24. The number of carbonyl (C=O) groups is 1. The number of halogens is 1. The van der Waals surface area contributed by atoms with Gasteiger partial charge in [0.05, 0.1) is 0 Å². The highest BCUT2D eigenvalue weighted by Gasteiger charge is 2.17. The summed E-state index contributed by atoms with van der Waals surface area (Å²) in [6.45, 7) is 3.89. The molecule has 18 heavy (non-hydrogen) atoms. The van der Waals surface area contributed by atoms with Crippen LogP contribution < -0.4 is 10.6 Å². The van der Waals surface area contributed by atoms with Crippen molar-refractivity contribution < 1.29 is 4.79 Å². The Morgan fingerprint density at radius 1 is 1.44 bits per heavy atom. The first-order chi connectivity index (χ1) is 8.68. The molecule has 1 fully saturated rings. The highest BCUT2D eigenvalue weighted by Crippen LogP contribution is 2.19. The Morgan fingerprint density at radius 3 is 3.11 bits per heavy atom. The van der Waals surface area contributed by atoms with Crippen LogP contribution in [0.4, 0.5) is 0 Å². The van der Waals surface area contributed by atoms with E-state index in [-0.39, 0.29) is 11.9 Å². The molecule has 1 amide bonds. The van der Waals surface area contributed by atoms with E-state index < -0.39 is 0 Å². The number of carbonyl (C=O) groups excluding carboxylic acids is 1. The van der Waals surface area contributed by atoms with Gasteiger partial charge in [-0.05, 0) is 44.0 Å². The first-order valence-electron chi connectivity index (χ1n) is 6.45. The van der Waals surface area contributed by atoms with Gasteiger partial charge in [-0.15, -0.1) is 0 Å². The van der Waals surface area contributed by atoms with E-state index in [2.05, 4.69) is 26.6 Å².